The molecule has 39 heavy (non-hydrogen) atoms. The summed E-state index contributed by atoms with van der Waals surface area (Å²) in [5, 5.41) is 7.90. The van der Waals surface area contributed by atoms with Gasteiger partial charge in [0.1, 0.15) is 0 Å². The van der Waals surface area contributed by atoms with E-state index in [9.17, 15) is 14.4 Å². The number of pyridine rings is 1. The zero-order valence-corrected chi connectivity index (χ0v) is 22.9. The smallest absolute Gasteiger partial charge is 0.254 e. The lowest BCUT2D eigenvalue weighted by molar-refractivity contribution is -0.115. The average molecular weight is 563 g/mol. The van der Waals surface area contributed by atoms with Crippen LogP contribution in [-0.4, -0.2) is 45.7 Å². The number of amides is 3. The largest absolute Gasteiger partial charge is 0.349 e. The van der Waals surface area contributed by atoms with Gasteiger partial charge >= 0.3 is 0 Å². The van der Waals surface area contributed by atoms with Crippen LogP contribution in [0.2, 0.25) is 10.0 Å². The van der Waals surface area contributed by atoms with Gasteiger partial charge in [-0.15, -0.1) is 0 Å². The molecule has 3 aliphatic heterocycles. The summed E-state index contributed by atoms with van der Waals surface area (Å²) in [6.45, 7) is 0. The summed E-state index contributed by atoms with van der Waals surface area (Å²) in [6.07, 6.45) is 7.61. The van der Waals surface area contributed by atoms with E-state index in [1.165, 1.54) is 0 Å². The summed E-state index contributed by atoms with van der Waals surface area (Å²) in [5.41, 5.74) is 5.45. The minimum absolute atomic E-state index is 0.0173. The molecule has 2 bridgehead atoms. The van der Waals surface area contributed by atoms with Gasteiger partial charge in [-0.3, -0.25) is 19.4 Å². The van der Waals surface area contributed by atoms with Crippen LogP contribution in [0.5, 0.6) is 0 Å². The number of nitrogens with zero attached hydrogens (tertiary/aromatic N) is 2. The molecule has 7 rings (SSSR count). The van der Waals surface area contributed by atoms with Gasteiger partial charge in [0, 0.05) is 40.5 Å². The van der Waals surface area contributed by atoms with E-state index in [0.717, 1.165) is 71.3 Å². The number of hydrogen-bond acceptors (Lipinski definition) is 4. The first-order valence-electron chi connectivity index (χ1n) is 13.7. The Morgan fingerprint density at radius 3 is 2.59 bits per heavy atom. The molecule has 2 fully saturated rings. The Hall–Kier alpha value is -3.16. The summed E-state index contributed by atoms with van der Waals surface area (Å²) in [6, 6.07) is 9.12. The molecule has 2 atom stereocenters. The number of halogens is 2. The van der Waals surface area contributed by atoms with E-state index in [0.29, 0.717) is 34.7 Å². The molecular weight excluding hydrogens is 535 g/mol. The van der Waals surface area contributed by atoms with Crippen LogP contribution in [0, 0.1) is 0 Å². The highest BCUT2D eigenvalue weighted by atomic mass is 35.5. The maximum Gasteiger partial charge on any atom is 0.254 e. The lowest BCUT2D eigenvalue weighted by Crippen LogP contribution is -2.52. The maximum atomic E-state index is 13.7. The first-order valence-corrected chi connectivity index (χ1v) is 14.5. The van der Waals surface area contributed by atoms with Crippen molar-refractivity contribution in [3.05, 3.63) is 68.3 Å². The van der Waals surface area contributed by atoms with Gasteiger partial charge in [0.2, 0.25) is 5.91 Å². The van der Waals surface area contributed by atoms with Gasteiger partial charge in [-0.2, -0.15) is 0 Å². The topological polar surface area (TPSA) is 91.4 Å². The van der Waals surface area contributed by atoms with E-state index in [4.69, 9.17) is 28.2 Å². The van der Waals surface area contributed by atoms with Crippen molar-refractivity contribution in [1.29, 1.82) is 0 Å². The molecule has 1 aromatic heterocycles. The Kier molecular flexibility index (Phi) is 6.05. The molecule has 3 aromatic rings. The summed E-state index contributed by atoms with van der Waals surface area (Å²) in [4.78, 5) is 45.5. The summed E-state index contributed by atoms with van der Waals surface area (Å²) < 4.78 is 0. The van der Waals surface area contributed by atoms with Gasteiger partial charge in [-0.25, -0.2) is 0 Å². The minimum atomic E-state index is -0.243. The predicted octanol–water partition coefficient (Wildman–Crippen LogP) is 5.48. The highest BCUT2D eigenvalue weighted by Crippen LogP contribution is 2.39. The number of nitrogens with one attached hydrogen (secondary N) is 2. The van der Waals surface area contributed by atoms with E-state index < -0.39 is 0 Å². The highest BCUT2D eigenvalue weighted by molar-refractivity contribution is 6.36. The number of hydrogen-bond donors (Lipinski definition) is 2. The normalized spacial score (nSPS) is 23.4. The number of benzene rings is 2. The van der Waals surface area contributed by atoms with Crippen LogP contribution in [0.3, 0.4) is 0 Å². The second kappa shape index (κ2) is 9.49. The summed E-state index contributed by atoms with van der Waals surface area (Å²) >= 11 is 13.1. The molecule has 9 heteroatoms. The van der Waals surface area contributed by atoms with Crippen molar-refractivity contribution in [3.8, 4) is 0 Å². The van der Waals surface area contributed by atoms with Gasteiger partial charge in [0.15, 0.2) is 0 Å². The zero-order valence-electron chi connectivity index (χ0n) is 21.4. The van der Waals surface area contributed by atoms with E-state index in [1.54, 1.807) is 12.1 Å². The third kappa shape index (κ3) is 4.27. The average Bonchev–Trinajstić information content (AvgIpc) is 3.42. The van der Waals surface area contributed by atoms with Crippen molar-refractivity contribution < 1.29 is 14.4 Å². The molecule has 0 saturated carbocycles. The van der Waals surface area contributed by atoms with Crippen molar-refractivity contribution in [3.63, 3.8) is 0 Å². The van der Waals surface area contributed by atoms with Crippen molar-refractivity contribution >= 4 is 57.5 Å². The molecule has 2 saturated heterocycles. The third-order valence-corrected chi connectivity index (χ3v) is 9.55. The number of anilines is 1. The fraction of sp³-hybridized carbons (Fsp3) is 0.400. The Balaban J connectivity index is 1.08. The van der Waals surface area contributed by atoms with Crippen LogP contribution in [-0.2, 0) is 24.1 Å². The molecule has 2 unspecified atom stereocenters. The van der Waals surface area contributed by atoms with Crippen LogP contribution in [0.25, 0.3) is 10.9 Å². The van der Waals surface area contributed by atoms with Gasteiger partial charge in [0.25, 0.3) is 11.8 Å². The maximum absolute atomic E-state index is 13.7. The number of aryl methyl sites for hydroxylation is 1. The second-order valence-corrected chi connectivity index (χ2v) is 12.0. The van der Waals surface area contributed by atoms with Crippen molar-refractivity contribution in [2.75, 3.05) is 5.32 Å². The fourth-order valence-corrected chi connectivity index (χ4v) is 7.57. The van der Waals surface area contributed by atoms with Crippen LogP contribution < -0.4 is 10.6 Å². The molecule has 2 N–H and O–H groups in total. The van der Waals surface area contributed by atoms with Gasteiger partial charge < -0.3 is 15.5 Å². The monoisotopic (exact) mass is 562 g/mol. The molecule has 3 amide bonds. The van der Waals surface area contributed by atoms with Crippen LogP contribution in [0.15, 0.2) is 30.3 Å². The molecule has 0 spiro atoms. The molecule has 7 nitrogen and oxygen atoms in total. The van der Waals surface area contributed by atoms with Crippen molar-refractivity contribution in [2.45, 2.75) is 75.9 Å². The Morgan fingerprint density at radius 2 is 1.79 bits per heavy atom. The molecular formula is C30H28Cl2N4O3. The number of rotatable bonds is 3. The molecule has 1 aliphatic carbocycles. The lowest BCUT2D eigenvalue weighted by Gasteiger charge is -2.39. The first kappa shape index (κ1) is 24.9. The minimum Gasteiger partial charge on any atom is -0.349 e. The summed E-state index contributed by atoms with van der Waals surface area (Å²) in [7, 11) is 0. The number of carbonyl (C=O) groups is 3. The van der Waals surface area contributed by atoms with Crippen molar-refractivity contribution in [1.82, 2.24) is 15.2 Å². The van der Waals surface area contributed by atoms with E-state index in [2.05, 4.69) is 10.6 Å². The fourth-order valence-electron chi connectivity index (χ4n) is 6.96. The molecule has 4 heterocycles. The third-order valence-electron chi connectivity index (χ3n) is 8.81. The molecule has 200 valence electrons. The zero-order chi connectivity index (χ0) is 26.8. The number of piperidine rings is 1. The lowest BCUT2D eigenvalue weighted by atomic mass is 9.93. The van der Waals surface area contributed by atoms with Crippen LogP contribution in [0.1, 0.15) is 76.1 Å². The quantitative estimate of drug-likeness (QED) is 0.442. The Labute approximate surface area is 236 Å². The first-order chi connectivity index (χ1) is 18.9. The van der Waals surface area contributed by atoms with E-state index in [-0.39, 0.29) is 42.3 Å². The molecule has 0 radical (unpaired) electrons. The highest BCUT2D eigenvalue weighted by Gasteiger charge is 2.44. The van der Waals surface area contributed by atoms with Crippen LogP contribution in [0.4, 0.5) is 5.69 Å². The SMILES string of the molecule is O=C1Cc2cc(C(=O)NC3CC4CCC(C3)N4C(=O)c3ccc4c(Cl)c5c(nc4c3)CCCC5)c(Cl)cc2N1. The molecule has 2 aromatic carbocycles. The van der Waals surface area contributed by atoms with Crippen LogP contribution >= 0.6 is 23.2 Å². The number of fused-ring (bicyclic) bond motifs is 5. The van der Waals surface area contributed by atoms with E-state index >= 15 is 0 Å². The van der Waals surface area contributed by atoms with Crippen molar-refractivity contribution in [2.24, 2.45) is 0 Å². The van der Waals surface area contributed by atoms with Gasteiger partial charge in [-0.1, -0.05) is 29.3 Å². The Morgan fingerprint density at radius 1 is 1.03 bits per heavy atom. The van der Waals surface area contributed by atoms with Gasteiger partial charge in [-0.05, 0) is 86.8 Å². The Bertz CT molecular complexity index is 1560. The standard InChI is InChI=1S/C30H28Cl2N4O3/c31-23-14-25-16(11-27(37)35-25)9-22(23)29(38)33-17-12-18-6-7-19(13-17)36(18)30(39)15-5-8-21-26(10-15)34-24-4-2-1-3-20(24)28(21)32/h5,8-10,14,17-19H,1-4,6-7,11-13H2,(H,33,38)(H,35,37). The summed E-state index contributed by atoms with van der Waals surface area (Å²) in [5.74, 6) is -0.326. The number of aromatic nitrogens is 1. The second-order valence-electron chi connectivity index (χ2n) is 11.2. The molecule has 4 aliphatic rings. The van der Waals surface area contributed by atoms with Gasteiger partial charge in [0.05, 0.1) is 27.5 Å². The van der Waals surface area contributed by atoms with E-state index in [1.807, 2.05) is 23.1 Å². The predicted molar refractivity (Wildman–Crippen MR) is 151 cm³/mol. The number of carbonyl (C=O) groups excluding carboxylic acids is 3.